The lowest BCUT2D eigenvalue weighted by Gasteiger charge is -2.11. The molecular formula is C21H20BrN5O2S. The van der Waals surface area contributed by atoms with E-state index in [1.54, 1.807) is 37.3 Å². The number of phenols is 1. The number of aromatic nitrogens is 3. The summed E-state index contributed by atoms with van der Waals surface area (Å²) in [7, 11) is 0. The molecule has 2 aromatic carbocycles. The predicted octanol–water partition coefficient (Wildman–Crippen LogP) is 4.23. The lowest BCUT2D eigenvalue weighted by molar-refractivity contribution is -0.120. The number of hydrogen-bond donors (Lipinski definition) is 2. The Bertz CT molecular complexity index is 1050. The van der Waals surface area contributed by atoms with Crippen LogP contribution in [0.15, 0.2) is 75.9 Å². The Morgan fingerprint density at radius 3 is 2.63 bits per heavy atom. The van der Waals surface area contributed by atoms with Gasteiger partial charge in [-0.1, -0.05) is 45.9 Å². The van der Waals surface area contributed by atoms with Crippen LogP contribution in [-0.2, 0) is 11.3 Å². The van der Waals surface area contributed by atoms with Crippen LogP contribution in [0.2, 0.25) is 0 Å². The van der Waals surface area contributed by atoms with Crippen LogP contribution >= 0.6 is 27.7 Å². The summed E-state index contributed by atoms with van der Waals surface area (Å²) >= 11 is 4.73. The van der Waals surface area contributed by atoms with Gasteiger partial charge in [0.2, 0.25) is 0 Å². The number of nitrogens with zero attached hydrogens (tertiary/aromatic N) is 4. The molecule has 1 aromatic heterocycles. The quantitative estimate of drug-likeness (QED) is 0.215. The number of carbonyl (C=O) groups is 1. The Kier molecular flexibility index (Phi) is 7.42. The number of hydrazone groups is 1. The highest BCUT2D eigenvalue weighted by molar-refractivity contribution is 9.10. The first-order valence-corrected chi connectivity index (χ1v) is 10.7. The summed E-state index contributed by atoms with van der Waals surface area (Å²) in [5.41, 5.74) is 4.21. The normalized spacial score (nSPS) is 12.1. The van der Waals surface area contributed by atoms with E-state index >= 15 is 0 Å². The van der Waals surface area contributed by atoms with Crippen LogP contribution in [0.5, 0.6) is 5.75 Å². The fourth-order valence-electron chi connectivity index (χ4n) is 2.52. The van der Waals surface area contributed by atoms with Crippen molar-refractivity contribution in [3.63, 3.8) is 0 Å². The Morgan fingerprint density at radius 1 is 1.27 bits per heavy atom. The zero-order chi connectivity index (χ0) is 21.5. The first kappa shape index (κ1) is 21.8. The Hall–Kier alpha value is -2.91. The molecule has 0 radical (unpaired) electrons. The molecule has 0 aliphatic heterocycles. The highest BCUT2D eigenvalue weighted by Crippen LogP contribution is 2.27. The van der Waals surface area contributed by atoms with Crippen LogP contribution in [0, 0.1) is 0 Å². The van der Waals surface area contributed by atoms with Gasteiger partial charge in [0.25, 0.3) is 5.91 Å². The summed E-state index contributed by atoms with van der Waals surface area (Å²) in [5.74, 6) is 0.628. The van der Waals surface area contributed by atoms with E-state index in [4.69, 9.17) is 0 Å². The molecule has 0 bridgehead atoms. The minimum Gasteiger partial charge on any atom is -0.508 e. The largest absolute Gasteiger partial charge is 0.508 e. The second-order valence-corrected chi connectivity index (χ2v) is 8.52. The maximum absolute atomic E-state index is 12.4. The molecule has 1 amide bonds. The first-order valence-electron chi connectivity index (χ1n) is 9.06. The zero-order valence-electron chi connectivity index (χ0n) is 16.2. The summed E-state index contributed by atoms with van der Waals surface area (Å²) in [6.45, 7) is 6.11. The molecule has 2 N–H and O–H groups in total. The average Bonchev–Trinajstić information content (AvgIpc) is 3.12. The molecule has 0 aliphatic rings. The van der Waals surface area contributed by atoms with Crippen LogP contribution in [0.1, 0.15) is 12.5 Å². The summed E-state index contributed by atoms with van der Waals surface area (Å²) < 4.78 is 2.90. The first-order chi connectivity index (χ1) is 14.5. The number of aromatic hydroxyl groups is 1. The number of carbonyl (C=O) groups excluding carboxylic acids is 1. The standard InChI is InChI=1S/C21H20BrN5O2S/c1-3-12-27-19(16-6-8-17(22)9-7-16)24-26-21(27)30-14(2)20(29)25-23-13-15-4-10-18(28)11-5-15/h3-11,13-14,28H,1,12H2,2H3,(H,25,29)/b23-13-/t14-/m1/s1. The number of phenolic OH excluding ortho intramolecular Hbond substituents is 1. The molecule has 9 heteroatoms. The molecule has 3 aromatic rings. The molecular weight excluding hydrogens is 466 g/mol. The molecule has 1 atom stereocenters. The number of benzene rings is 2. The van der Waals surface area contributed by atoms with Crippen molar-refractivity contribution in [1.82, 2.24) is 20.2 Å². The van der Waals surface area contributed by atoms with E-state index in [-0.39, 0.29) is 11.7 Å². The van der Waals surface area contributed by atoms with E-state index in [1.807, 2.05) is 28.8 Å². The Morgan fingerprint density at radius 2 is 1.97 bits per heavy atom. The van der Waals surface area contributed by atoms with Gasteiger partial charge in [0.1, 0.15) is 5.75 Å². The van der Waals surface area contributed by atoms with Gasteiger partial charge in [-0.3, -0.25) is 9.36 Å². The van der Waals surface area contributed by atoms with Crippen molar-refractivity contribution in [3.8, 4) is 17.1 Å². The number of thioether (sulfide) groups is 1. The van der Waals surface area contributed by atoms with E-state index in [9.17, 15) is 9.90 Å². The van der Waals surface area contributed by atoms with E-state index in [1.165, 1.54) is 18.0 Å². The molecule has 0 aliphatic carbocycles. The predicted molar refractivity (Wildman–Crippen MR) is 123 cm³/mol. The molecule has 0 saturated heterocycles. The van der Waals surface area contributed by atoms with Crippen LogP contribution in [-0.4, -0.2) is 37.2 Å². The fourth-order valence-corrected chi connectivity index (χ4v) is 3.63. The zero-order valence-corrected chi connectivity index (χ0v) is 18.6. The highest BCUT2D eigenvalue weighted by Gasteiger charge is 2.20. The number of halogens is 1. The lowest BCUT2D eigenvalue weighted by Crippen LogP contribution is -2.27. The third-order valence-electron chi connectivity index (χ3n) is 4.06. The van der Waals surface area contributed by atoms with Crippen molar-refractivity contribution >= 4 is 39.8 Å². The van der Waals surface area contributed by atoms with Gasteiger partial charge in [-0.25, -0.2) is 5.43 Å². The van der Waals surface area contributed by atoms with E-state index in [0.29, 0.717) is 17.5 Å². The van der Waals surface area contributed by atoms with Crippen LogP contribution in [0.3, 0.4) is 0 Å². The van der Waals surface area contributed by atoms with Crippen molar-refractivity contribution in [2.24, 2.45) is 5.10 Å². The number of rotatable bonds is 8. The molecule has 7 nitrogen and oxygen atoms in total. The molecule has 3 rings (SSSR count). The topological polar surface area (TPSA) is 92.4 Å². The van der Waals surface area contributed by atoms with Gasteiger partial charge >= 0.3 is 0 Å². The minimum atomic E-state index is -0.437. The monoisotopic (exact) mass is 485 g/mol. The minimum absolute atomic E-state index is 0.173. The highest BCUT2D eigenvalue weighted by atomic mass is 79.9. The number of hydrogen-bond acceptors (Lipinski definition) is 6. The molecule has 154 valence electrons. The SMILES string of the molecule is C=CCn1c(S[C@H](C)C(=O)N/N=C\c2ccc(O)cc2)nnc1-c1ccc(Br)cc1. The number of nitrogens with one attached hydrogen (secondary N) is 1. The van der Waals surface area contributed by atoms with E-state index in [2.05, 4.69) is 43.2 Å². The molecule has 0 saturated carbocycles. The second kappa shape index (κ2) is 10.2. The molecule has 1 heterocycles. The second-order valence-electron chi connectivity index (χ2n) is 6.30. The third-order valence-corrected chi connectivity index (χ3v) is 5.67. The third kappa shape index (κ3) is 5.58. The van der Waals surface area contributed by atoms with Gasteiger partial charge in [-0.2, -0.15) is 5.10 Å². The van der Waals surface area contributed by atoms with Gasteiger partial charge in [-0.05, 0) is 48.9 Å². The van der Waals surface area contributed by atoms with Gasteiger partial charge in [0, 0.05) is 16.6 Å². The molecule has 0 unspecified atom stereocenters. The van der Waals surface area contributed by atoms with Gasteiger partial charge in [0.15, 0.2) is 11.0 Å². The van der Waals surface area contributed by atoms with E-state index < -0.39 is 5.25 Å². The number of allylic oxidation sites excluding steroid dienone is 1. The van der Waals surface area contributed by atoms with Gasteiger partial charge < -0.3 is 5.11 Å². The fraction of sp³-hybridized carbons (Fsp3) is 0.143. The van der Waals surface area contributed by atoms with Crippen molar-refractivity contribution in [2.45, 2.75) is 23.9 Å². The lowest BCUT2D eigenvalue weighted by atomic mass is 10.2. The van der Waals surface area contributed by atoms with Gasteiger partial charge in [0.05, 0.1) is 11.5 Å². The summed E-state index contributed by atoms with van der Waals surface area (Å²) in [6.07, 6.45) is 3.28. The van der Waals surface area contributed by atoms with Crippen molar-refractivity contribution in [3.05, 3.63) is 71.2 Å². The summed E-state index contributed by atoms with van der Waals surface area (Å²) in [4.78, 5) is 12.4. The van der Waals surface area contributed by atoms with E-state index in [0.717, 1.165) is 15.6 Å². The molecule has 0 fully saturated rings. The average molecular weight is 486 g/mol. The summed E-state index contributed by atoms with van der Waals surface area (Å²) in [6, 6.07) is 14.3. The van der Waals surface area contributed by atoms with Crippen molar-refractivity contribution < 1.29 is 9.90 Å². The van der Waals surface area contributed by atoms with Crippen molar-refractivity contribution in [1.29, 1.82) is 0 Å². The Balaban J connectivity index is 1.68. The van der Waals surface area contributed by atoms with Crippen LogP contribution in [0.25, 0.3) is 11.4 Å². The number of amides is 1. The smallest absolute Gasteiger partial charge is 0.253 e. The van der Waals surface area contributed by atoms with Crippen LogP contribution < -0.4 is 5.43 Å². The van der Waals surface area contributed by atoms with Crippen molar-refractivity contribution in [2.75, 3.05) is 0 Å². The Labute approximate surface area is 187 Å². The summed E-state index contributed by atoms with van der Waals surface area (Å²) in [5, 5.41) is 22.0. The van der Waals surface area contributed by atoms with Crippen LogP contribution in [0.4, 0.5) is 0 Å². The molecule has 0 spiro atoms. The maximum Gasteiger partial charge on any atom is 0.253 e. The van der Waals surface area contributed by atoms with Gasteiger partial charge in [-0.15, -0.1) is 16.8 Å². The maximum atomic E-state index is 12.4. The molecule has 30 heavy (non-hydrogen) atoms.